The van der Waals surface area contributed by atoms with Crippen LogP contribution >= 0.6 is 11.6 Å². The largest absolute Gasteiger partial charge is 0.326 e. The van der Waals surface area contributed by atoms with Crippen molar-refractivity contribution in [1.82, 2.24) is 0 Å². The molecule has 1 saturated heterocycles. The zero-order chi connectivity index (χ0) is 17.3. The van der Waals surface area contributed by atoms with Crippen molar-refractivity contribution >= 4 is 34.8 Å². The lowest BCUT2D eigenvalue weighted by atomic mass is 10.1. The molecular formula is C19H19ClN2O2. The molecule has 1 aliphatic rings. The third-order valence-corrected chi connectivity index (χ3v) is 4.38. The Morgan fingerprint density at radius 2 is 1.75 bits per heavy atom. The first-order valence-corrected chi connectivity index (χ1v) is 8.25. The highest BCUT2D eigenvalue weighted by molar-refractivity contribution is 6.30. The number of rotatable bonds is 3. The first-order chi connectivity index (χ1) is 11.4. The van der Waals surface area contributed by atoms with Gasteiger partial charge in [0.05, 0.1) is 5.92 Å². The predicted molar refractivity (Wildman–Crippen MR) is 96.5 cm³/mol. The Morgan fingerprint density at radius 1 is 1.12 bits per heavy atom. The average Bonchev–Trinajstić information content (AvgIpc) is 2.91. The first-order valence-electron chi connectivity index (χ1n) is 7.87. The molecule has 1 aliphatic heterocycles. The second-order valence-electron chi connectivity index (χ2n) is 6.25. The SMILES string of the molecule is Cc1cc(C)cc(N2C[C@@H](C(=O)Nc3ccc(Cl)cc3)CC2=O)c1. The lowest BCUT2D eigenvalue weighted by Gasteiger charge is -2.18. The Morgan fingerprint density at radius 3 is 2.38 bits per heavy atom. The number of amides is 2. The summed E-state index contributed by atoms with van der Waals surface area (Å²) in [5.41, 5.74) is 3.75. The van der Waals surface area contributed by atoms with Crippen molar-refractivity contribution in [2.75, 3.05) is 16.8 Å². The molecule has 4 nitrogen and oxygen atoms in total. The highest BCUT2D eigenvalue weighted by Gasteiger charge is 2.35. The van der Waals surface area contributed by atoms with Crippen molar-refractivity contribution in [1.29, 1.82) is 0 Å². The molecule has 1 fully saturated rings. The minimum absolute atomic E-state index is 0.0174. The summed E-state index contributed by atoms with van der Waals surface area (Å²) in [7, 11) is 0. The molecule has 2 amide bonds. The van der Waals surface area contributed by atoms with E-state index in [0.717, 1.165) is 16.8 Å². The summed E-state index contributed by atoms with van der Waals surface area (Å²) >= 11 is 5.84. The third-order valence-electron chi connectivity index (χ3n) is 4.13. The highest BCUT2D eigenvalue weighted by atomic mass is 35.5. The summed E-state index contributed by atoms with van der Waals surface area (Å²) in [6.45, 7) is 4.41. The molecule has 2 aromatic rings. The summed E-state index contributed by atoms with van der Waals surface area (Å²) in [6, 6.07) is 13.0. The average molecular weight is 343 g/mol. The molecule has 124 valence electrons. The number of aryl methyl sites for hydroxylation is 2. The molecule has 0 unspecified atom stereocenters. The Balaban J connectivity index is 1.71. The van der Waals surface area contributed by atoms with E-state index >= 15 is 0 Å². The Hall–Kier alpha value is -2.33. The zero-order valence-electron chi connectivity index (χ0n) is 13.7. The minimum atomic E-state index is -0.353. The molecule has 1 N–H and O–H groups in total. The van der Waals surface area contributed by atoms with E-state index in [0.29, 0.717) is 17.3 Å². The third kappa shape index (κ3) is 3.60. The van der Waals surface area contributed by atoms with Gasteiger partial charge in [0, 0.05) is 29.4 Å². The van der Waals surface area contributed by atoms with E-state index in [1.807, 2.05) is 26.0 Å². The fourth-order valence-electron chi connectivity index (χ4n) is 3.02. The zero-order valence-corrected chi connectivity index (χ0v) is 14.4. The lowest BCUT2D eigenvalue weighted by molar-refractivity contribution is -0.122. The number of nitrogens with zero attached hydrogens (tertiary/aromatic N) is 1. The van der Waals surface area contributed by atoms with Gasteiger partial charge in [-0.25, -0.2) is 0 Å². The highest BCUT2D eigenvalue weighted by Crippen LogP contribution is 2.27. The van der Waals surface area contributed by atoms with E-state index in [9.17, 15) is 9.59 Å². The van der Waals surface area contributed by atoms with Crippen molar-refractivity contribution in [2.45, 2.75) is 20.3 Å². The quantitative estimate of drug-likeness (QED) is 0.918. The molecule has 5 heteroatoms. The number of hydrogen-bond donors (Lipinski definition) is 1. The van der Waals surface area contributed by atoms with Gasteiger partial charge in [-0.05, 0) is 61.4 Å². The molecule has 0 spiro atoms. The van der Waals surface area contributed by atoms with E-state index in [-0.39, 0.29) is 24.2 Å². The molecule has 3 rings (SSSR count). The van der Waals surface area contributed by atoms with Crippen LogP contribution in [0.5, 0.6) is 0 Å². The van der Waals surface area contributed by atoms with E-state index < -0.39 is 0 Å². The van der Waals surface area contributed by atoms with Crippen LogP contribution in [0.4, 0.5) is 11.4 Å². The smallest absolute Gasteiger partial charge is 0.229 e. The summed E-state index contributed by atoms with van der Waals surface area (Å²) in [4.78, 5) is 26.5. The minimum Gasteiger partial charge on any atom is -0.326 e. The van der Waals surface area contributed by atoms with Crippen LogP contribution in [0, 0.1) is 19.8 Å². The van der Waals surface area contributed by atoms with E-state index in [2.05, 4.69) is 11.4 Å². The number of nitrogens with one attached hydrogen (secondary N) is 1. The fourth-order valence-corrected chi connectivity index (χ4v) is 3.14. The van der Waals surface area contributed by atoms with Gasteiger partial charge in [0.2, 0.25) is 11.8 Å². The van der Waals surface area contributed by atoms with E-state index in [4.69, 9.17) is 11.6 Å². The fraction of sp³-hybridized carbons (Fsp3) is 0.263. The molecule has 0 radical (unpaired) electrons. The van der Waals surface area contributed by atoms with Crippen LogP contribution in [0.2, 0.25) is 5.02 Å². The maximum absolute atomic E-state index is 12.4. The first kappa shape index (κ1) is 16.5. The van der Waals surface area contributed by atoms with Crippen LogP contribution < -0.4 is 10.2 Å². The van der Waals surface area contributed by atoms with Gasteiger partial charge in [-0.3, -0.25) is 9.59 Å². The van der Waals surface area contributed by atoms with Gasteiger partial charge in [-0.15, -0.1) is 0 Å². The van der Waals surface area contributed by atoms with Crippen LogP contribution in [0.1, 0.15) is 17.5 Å². The van der Waals surface area contributed by atoms with Gasteiger partial charge in [0.25, 0.3) is 0 Å². The number of hydrogen-bond acceptors (Lipinski definition) is 2. The molecule has 24 heavy (non-hydrogen) atoms. The summed E-state index contributed by atoms with van der Waals surface area (Å²) < 4.78 is 0. The second kappa shape index (κ2) is 6.65. The number of carbonyl (C=O) groups is 2. The van der Waals surface area contributed by atoms with Crippen molar-refractivity contribution in [3.63, 3.8) is 0 Å². The Bertz CT molecular complexity index is 766. The number of halogens is 1. The number of anilines is 2. The second-order valence-corrected chi connectivity index (χ2v) is 6.68. The van der Waals surface area contributed by atoms with Gasteiger partial charge in [0.15, 0.2) is 0 Å². The Labute approximate surface area is 146 Å². The van der Waals surface area contributed by atoms with Crippen LogP contribution in [0.25, 0.3) is 0 Å². The Kier molecular flexibility index (Phi) is 4.58. The van der Waals surface area contributed by atoms with Crippen molar-refractivity contribution in [2.24, 2.45) is 5.92 Å². The molecule has 2 aromatic carbocycles. The maximum Gasteiger partial charge on any atom is 0.229 e. The van der Waals surface area contributed by atoms with Gasteiger partial charge in [-0.1, -0.05) is 17.7 Å². The summed E-state index contributed by atoms with van der Waals surface area (Å²) in [5, 5.41) is 3.47. The van der Waals surface area contributed by atoms with Crippen LogP contribution in [-0.2, 0) is 9.59 Å². The monoisotopic (exact) mass is 342 g/mol. The van der Waals surface area contributed by atoms with Crippen LogP contribution in [-0.4, -0.2) is 18.4 Å². The molecule has 0 aromatic heterocycles. The van der Waals surface area contributed by atoms with Gasteiger partial charge in [-0.2, -0.15) is 0 Å². The summed E-state index contributed by atoms with van der Waals surface area (Å²) in [6.07, 6.45) is 0.229. The molecular weight excluding hydrogens is 324 g/mol. The van der Waals surface area contributed by atoms with Crippen LogP contribution in [0.15, 0.2) is 42.5 Å². The van der Waals surface area contributed by atoms with E-state index in [1.54, 1.807) is 29.2 Å². The van der Waals surface area contributed by atoms with Gasteiger partial charge < -0.3 is 10.2 Å². The summed E-state index contributed by atoms with van der Waals surface area (Å²) in [5.74, 6) is -0.511. The predicted octanol–water partition coefficient (Wildman–Crippen LogP) is 3.95. The standard InChI is InChI=1S/C19H19ClN2O2/c1-12-7-13(2)9-17(8-12)22-11-14(10-18(22)23)19(24)21-16-5-3-15(20)4-6-16/h3-9,14H,10-11H2,1-2H3,(H,21,24)/t14-/m0/s1. The topological polar surface area (TPSA) is 49.4 Å². The molecule has 1 atom stereocenters. The van der Waals surface area contributed by atoms with Crippen LogP contribution in [0.3, 0.4) is 0 Å². The number of benzene rings is 2. The molecule has 0 saturated carbocycles. The normalized spacial score (nSPS) is 17.2. The maximum atomic E-state index is 12.4. The lowest BCUT2D eigenvalue weighted by Crippen LogP contribution is -2.28. The molecule has 0 bridgehead atoms. The number of carbonyl (C=O) groups excluding carboxylic acids is 2. The van der Waals surface area contributed by atoms with Gasteiger partial charge in [0.1, 0.15) is 0 Å². The van der Waals surface area contributed by atoms with Crippen molar-refractivity contribution in [3.8, 4) is 0 Å². The van der Waals surface area contributed by atoms with Gasteiger partial charge >= 0.3 is 0 Å². The van der Waals surface area contributed by atoms with Crippen molar-refractivity contribution in [3.05, 3.63) is 58.6 Å². The molecule has 0 aliphatic carbocycles. The van der Waals surface area contributed by atoms with E-state index in [1.165, 1.54) is 0 Å². The molecule has 1 heterocycles. The van der Waals surface area contributed by atoms with Crippen molar-refractivity contribution < 1.29 is 9.59 Å².